The van der Waals surface area contributed by atoms with Crippen molar-refractivity contribution < 1.29 is 66.7 Å². The number of nitrogens with zero attached hydrogens (tertiary/aromatic N) is 10. The molecular formula is C110H108N10O14. The lowest BCUT2D eigenvalue weighted by atomic mass is 9.76. The highest BCUT2D eigenvalue weighted by atomic mass is 16.6. The minimum absolute atomic E-state index is 0. The molecule has 4 fully saturated rings. The average Bonchev–Trinajstić information content (AvgIpc) is 1.40. The lowest BCUT2D eigenvalue weighted by Crippen LogP contribution is -2.34. The number of esters is 4. The standard InChI is InChI=1S/C44H51N3O6.C34H29N3O6.C31H24N4O2.CH4/c1-5-40(48)51-35-18-15-30(16-19-35)20-23-47-42(49)39(26-31-24-33-10-8-21-46-22-9-11-34(25-31)41(33)46)53-44(47)45-37-13-7-6-12-36(37)43(50)52-38-27-32(28(2)3)17-14-29(38)4;1-4-36-31(38)30(43-34(36)35-29-22-24(32(39)41-2)17-20-28(29)33(40)42-3)21-23-15-18-27(19-16-23)37(25-11-7-5-8-12-25)26-13-9-6-10-14-26;1-2-34-30(36)29(37-31(34)33-28-16-10-9-11-24(28)22-32)21-23-17-19-27(20-18-23)35(25-12-5-3-6-13-25)26-14-7-4-8-15-26;/h6-7,12-13,15-16,18-19,24-26,28-29,32,38H,5,8-11,14,17,20-23,27H2,1-4H3;5-22H,4H2,1-3H3;3-21H,2H2,1H3;1H4/b39-26+,45-44?;30-21+,35-34?;29-21+,33-31?;. The van der Waals surface area contributed by atoms with Crippen LogP contribution in [0.15, 0.2) is 305 Å². The first-order chi connectivity index (χ1) is 64.8. The number of aliphatic imine (C=N–C) groups is 3. The number of aryl methyl sites for hydroxylation is 2. The maximum atomic E-state index is 14.1. The van der Waals surface area contributed by atoms with E-state index in [2.05, 4.69) is 87.9 Å². The van der Waals surface area contributed by atoms with E-state index in [1.807, 2.05) is 177 Å². The Hall–Kier alpha value is -15.8. The van der Waals surface area contributed by atoms with Gasteiger partial charge < -0.3 is 47.9 Å². The second kappa shape index (κ2) is 44.2. The highest BCUT2D eigenvalue weighted by Crippen LogP contribution is 2.42. The van der Waals surface area contributed by atoms with E-state index in [4.69, 9.17) is 38.2 Å². The van der Waals surface area contributed by atoms with Crippen molar-refractivity contribution in [1.29, 1.82) is 5.26 Å². The van der Waals surface area contributed by atoms with Crippen LogP contribution in [0.5, 0.6) is 5.75 Å². The molecule has 17 rings (SSSR count). The molecule has 3 amide bonds. The normalized spacial score (nSPS) is 17.7. The number of hydrogen-bond donors (Lipinski definition) is 0. The number of ether oxygens (including phenoxy) is 7. The van der Waals surface area contributed by atoms with E-state index in [9.17, 15) is 38.8 Å². The second-order valence-electron chi connectivity index (χ2n) is 33.0. The summed E-state index contributed by atoms with van der Waals surface area (Å²) >= 11 is 0. The number of carbonyl (C=O) groups is 7. The molecule has 1 aliphatic carbocycles. The van der Waals surface area contributed by atoms with E-state index in [-0.39, 0.29) is 108 Å². The Morgan fingerprint density at radius 2 is 0.933 bits per heavy atom. The summed E-state index contributed by atoms with van der Waals surface area (Å²) in [5.41, 5.74) is 15.5. The van der Waals surface area contributed by atoms with Gasteiger partial charge in [0.2, 0.25) is 0 Å². The zero-order valence-electron chi connectivity index (χ0n) is 75.6. The van der Waals surface area contributed by atoms with Gasteiger partial charge in [-0.1, -0.05) is 169 Å². The summed E-state index contributed by atoms with van der Waals surface area (Å²) in [6.07, 6.45) is 13.1. The van der Waals surface area contributed by atoms with Crippen LogP contribution in [0.2, 0.25) is 0 Å². The van der Waals surface area contributed by atoms with Crippen molar-refractivity contribution in [3.05, 3.63) is 346 Å². The molecule has 0 bridgehead atoms. The lowest BCUT2D eigenvalue weighted by molar-refractivity contribution is -0.134. The molecule has 3 unspecified atom stereocenters. The van der Waals surface area contributed by atoms with Crippen molar-refractivity contribution in [3.63, 3.8) is 0 Å². The van der Waals surface area contributed by atoms with E-state index in [0.29, 0.717) is 59.5 Å². The molecule has 5 heterocycles. The van der Waals surface area contributed by atoms with Crippen molar-refractivity contribution in [2.75, 3.05) is 61.6 Å². The first kappa shape index (κ1) is 94.3. The minimum atomic E-state index is -0.654. The first-order valence-corrected chi connectivity index (χ1v) is 45.0. The molecule has 682 valence electrons. The molecule has 3 saturated heterocycles. The predicted molar refractivity (Wildman–Crippen MR) is 523 cm³/mol. The molecule has 24 nitrogen and oxygen atoms in total. The number of carbonyl (C=O) groups excluding carboxylic acids is 7. The summed E-state index contributed by atoms with van der Waals surface area (Å²) in [5.74, 6) is -0.658. The number of hydrogen-bond acceptors (Lipinski definition) is 21. The van der Waals surface area contributed by atoms with Crippen LogP contribution >= 0.6 is 0 Å². The van der Waals surface area contributed by atoms with Crippen molar-refractivity contribution in [1.82, 2.24) is 14.7 Å². The Morgan fingerprint density at radius 3 is 1.42 bits per heavy atom. The largest absolute Gasteiger partial charge is 0.465 e. The summed E-state index contributed by atoms with van der Waals surface area (Å²) in [7, 11) is 2.50. The number of amidine groups is 3. The molecule has 0 radical (unpaired) electrons. The van der Waals surface area contributed by atoms with Gasteiger partial charge in [-0.2, -0.15) is 20.2 Å². The molecule has 11 aromatic carbocycles. The molecule has 6 aliphatic rings. The third-order valence-corrected chi connectivity index (χ3v) is 24.0. The zero-order chi connectivity index (χ0) is 93.0. The molecule has 0 aromatic heterocycles. The first-order valence-electron chi connectivity index (χ1n) is 45.0. The lowest BCUT2D eigenvalue weighted by Gasteiger charge is -2.37. The number of methoxy groups -OCH3 is 2. The Balaban J connectivity index is 0.000000163. The van der Waals surface area contributed by atoms with Crippen molar-refractivity contribution in [2.45, 2.75) is 113 Å². The zero-order valence-corrected chi connectivity index (χ0v) is 75.6. The Bertz CT molecular complexity index is 6220. The quantitative estimate of drug-likeness (QED) is 0.0235. The molecule has 1 saturated carbocycles. The van der Waals surface area contributed by atoms with E-state index in [1.54, 1.807) is 85.5 Å². The van der Waals surface area contributed by atoms with Gasteiger partial charge in [0.05, 0.1) is 53.5 Å². The summed E-state index contributed by atoms with van der Waals surface area (Å²) in [6.45, 7) is 15.1. The number of likely N-dealkylation sites (N-methyl/N-ethyl adjacent to an activating group) is 2. The number of benzene rings is 11. The Labute approximate surface area is 782 Å². The molecule has 5 aliphatic heterocycles. The minimum Gasteiger partial charge on any atom is -0.465 e. The SMILES string of the molecule is C.CCC(=O)Oc1ccc(CCN2C(=O)/C(=C\c3cc4c5c(c3)CCCN5CCC4)OC2=Nc2ccccc2C(=O)OC2CC(C(C)C)CCC2C)cc1.CCN1C(=O)/C(=C\c2ccc(N(c3ccccc3)c3ccccc3)cc2)OC1=Nc1cc(C(=O)OC)ccc1C(=O)OC.CCN1C(=O)/C(=C\c2ccc(N(c3ccccc3)c3ccccc3)cc2)OC1=Nc1ccccc1C#N. The second-order valence-corrected chi connectivity index (χ2v) is 33.0. The monoisotopic (exact) mass is 1790 g/mol. The van der Waals surface area contributed by atoms with Gasteiger partial charge in [0.15, 0.2) is 17.3 Å². The van der Waals surface area contributed by atoms with Crippen molar-refractivity contribution >= 4 is 135 Å². The van der Waals surface area contributed by atoms with Crippen LogP contribution < -0.4 is 19.4 Å². The van der Waals surface area contributed by atoms with Crippen LogP contribution in [0.3, 0.4) is 0 Å². The highest BCUT2D eigenvalue weighted by molar-refractivity contribution is 6.14. The van der Waals surface area contributed by atoms with E-state index in [0.717, 1.165) is 114 Å². The number of anilines is 7. The number of nitriles is 1. The predicted octanol–water partition coefficient (Wildman–Crippen LogP) is 22.7. The summed E-state index contributed by atoms with van der Waals surface area (Å²) in [4.78, 5) is 115. The molecule has 24 heteroatoms. The molecule has 0 spiro atoms. The third kappa shape index (κ3) is 22.3. The highest BCUT2D eigenvalue weighted by Gasteiger charge is 2.40. The van der Waals surface area contributed by atoms with Gasteiger partial charge in [-0.05, 0) is 274 Å². The average molecular weight is 1790 g/mol. The van der Waals surface area contributed by atoms with Gasteiger partial charge in [0.25, 0.3) is 17.7 Å². The topological polar surface area (TPSA) is 264 Å². The summed E-state index contributed by atoms with van der Waals surface area (Å²) in [5, 5.41) is 9.37. The number of amides is 3. The fraction of sp³-hybridized carbons (Fsp3) is 0.245. The fourth-order valence-corrected chi connectivity index (χ4v) is 16.9. The van der Waals surface area contributed by atoms with Gasteiger partial charge >= 0.3 is 41.9 Å². The van der Waals surface area contributed by atoms with Gasteiger partial charge in [-0.3, -0.25) is 33.9 Å². The summed E-state index contributed by atoms with van der Waals surface area (Å²) < 4.78 is 39.3. The molecule has 11 aromatic rings. The van der Waals surface area contributed by atoms with Crippen LogP contribution in [0, 0.1) is 29.1 Å². The molecule has 0 N–H and O–H groups in total. The van der Waals surface area contributed by atoms with Gasteiger partial charge in [-0.15, -0.1) is 0 Å². The van der Waals surface area contributed by atoms with E-state index >= 15 is 0 Å². The maximum absolute atomic E-state index is 14.1. The van der Waals surface area contributed by atoms with Gasteiger partial charge in [0.1, 0.15) is 17.9 Å². The van der Waals surface area contributed by atoms with Crippen LogP contribution in [0.1, 0.15) is 158 Å². The molecule has 134 heavy (non-hydrogen) atoms. The van der Waals surface area contributed by atoms with Crippen LogP contribution in [-0.2, 0) is 66.9 Å². The Kier molecular flexibility index (Phi) is 31.1. The van der Waals surface area contributed by atoms with Crippen molar-refractivity contribution in [3.8, 4) is 11.8 Å². The summed E-state index contributed by atoms with van der Waals surface area (Å²) in [6, 6.07) is 88.4. The van der Waals surface area contributed by atoms with Gasteiger partial charge in [0, 0.05) is 79.0 Å². The Morgan fingerprint density at radius 1 is 0.493 bits per heavy atom. The molecular weight excluding hydrogens is 1690 g/mol. The number of rotatable bonds is 24. The third-order valence-electron chi connectivity index (χ3n) is 24.0. The van der Waals surface area contributed by atoms with Crippen LogP contribution in [0.25, 0.3) is 18.2 Å². The maximum Gasteiger partial charge on any atom is 0.340 e. The van der Waals surface area contributed by atoms with Gasteiger partial charge in [-0.25, -0.2) is 14.4 Å². The van der Waals surface area contributed by atoms with Crippen LogP contribution in [-0.4, -0.2) is 127 Å². The van der Waals surface area contributed by atoms with E-state index in [1.165, 1.54) is 59.0 Å². The molecule has 3 atom stereocenters. The van der Waals surface area contributed by atoms with Crippen molar-refractivity contribution in [2.24, 2.45) is 32.7 Å². The smallest absolute Gasteiger partial charge is 0.340 e. The van der Waals surface area contributed by atoms with E-state index < -0.39 is 17.9 Å². The number of para-hydroxylation sites is 6. The van der Waals surface area contributed by atoms with Crippen LogP contribution in [0.4, 0.5) is 56.9 Å². The fourth-order valence-electron chi connectivity index (χ4n) is 16.9.